The molecule has 17 heavy (non-hydrogen) atoms. The predicted octanol–water partition coefficient (Wildman–Crippen LogP) is 3.97. The number of hydrogen-bond donors (Lipinski definition) is 1. The molecule has 0 aromatic heterocycles. The van der Waals surface area contributed by atoms with Crippen molar-refractivity contribution >= 4 is 23.2 Å². The van der Waals surface area contributed by atoms with E-state index in [0.29, 0.717) is 5.02 Å². The van der Waals surface area contributed by atoms with Crippen molar-refractivity contribution in [2.75, 3.05) is 5.32 Å². The van der Waals surface area contributed by atoms with E-state index in [-0.39, 0.29) is 5.91 Å². The summed E-state index contributed by atoms with van der Waals surface area (Å²) in [7, 11) is 0. The van der Waals surface area contributed by atoms with Gasteiger partial charge in [0.2, 0.25) is 5.91 Å². The smallest absolute Gasteiger partial charge is 0.221 e. The summed E-state index contributed by atoms with van der Waals surface area (Å²) in [5.41, 5.74) is 2.74. The van der Waals surface area contributed by atoms with Crippen molar-refractivity contribution in [2.45, 2.75) is 6.92 Å². The Kier molecular flexibility index (Phi) is 3.45. The fourth-order valence-electron chi connectivity index (χ4n) is 1.69. The molecule has 0 aliphatic rings. The van der Waals surface area contributed by atoms with Crippen LogP contribution in [0, 0.1) is 0 Å². The molecule has 0 saturated carbocycles. The lowest BCUT2D eigenvalue weighted by Crippen LogP contribution is -2.06. The van der Waals surface area contributed by atoms with Crippen molar-refractivity contribution in [3.8, 4) is 11.1 Å². The summed E-state index contributed by atoms with van der Waals surface area (Å²) in [5, 5.41) is 3.49. The number of para-hydroxylation sites is 1. The second-order valence-electron chi connectivity index (χ2n) is 3.74. The van der Waals surface area contributed by atoms with E-state index < -0.39 is 0 Å². The van der Waals surface area contributed by atoms with Crippen LogP contribution in [0.3, 0.4) is 0 Å². The molecule has 3 heteroatoms. The van der Waals surface area contributed by atoms with Crippen molar-refractivity contribution < 1.29 is 4.79 Å². The average Bonchev–Trinajstić information content (AvgIpc) is 2.29. The lowest BCUT2D eigenvalue weighted by Gasteiger charge is -2.10. The number of anilines is 1. The summed E-state index contributed by atoms with van der Waals surface area (Å²) in [6.45, 7) is 1.49. The molecule has 1 N–H and O–H groups in total. The fraction of sp³-hybridized carbons (Fsp3) is 0.0714. The molecule has 0 aliphatic carbocycles. The van der Waals surface area contributed by atoms with Gasteiger partial charge in [0.05, 0.1) is 0 Å². The van der Waals surface area contributed by atoms with Gasteiger partial charge in [0.1, 0.15) is 0 Å². The largest absolute Gasteiger partial charge is 0.326 e. The molecule has 2 nitrogen and oxygen atoms in total. The Morgan fingerprint density at radius 1 is 1.12 bits per heavy atom. The molecule has 0 heterocycles. The standard InChI is InChI=1S/C14H12ClNO/c1-10(17)16-14-8-3-2-7-13(14)11-5-4-6-12(15)9-11/h2-9H,1H3,(H,16,17). The zero-order valence-electron chi connectivity index (χ0n) is 9.41. The molecule has 1 amide bonds. The molecule has 2 aromatic rings. The molecule has 0 radical (unpaired) electrons. The van der Waals surface area contributed by atoms with Crippen LogP contribution in [-0.4, -0.2) is 5.91 Å². The van der Waals surface area contributed by atoms with Gasteiger partial charge in [0.15, 0.2) is 0 Å². The third kappa shape index (κ3) is 2.86. The molecule has 0 spiro atoms. The minimum atomic E-state index is -0.0838. The van der Waals surface area contributed by atoms with Gasteiger partial charge in [-0.3, -0.25) is 4.79 Å². The zero-order valence-corrected chi connectivity index (χ0v) is 10.2. The monoisotopic (exact) mass is 245 g/mol. The Hall–Kier alpha value is -1.80. The molecular weight excluding hydrogens is 234 g/mol. The Morgan fingerprint density at radius 2 is 1.88 bits per heavy atom. The Bertz CT molecular complexity index is 551. The van der Waals surface area contributed by atoms with Crippen LogP contribution in [0.2, 0.25) is 5.02 Å². The highest BCUT2D eigenvalue weighted by Crippen LogP contribution is 2.29. The van der Waals surface area contributed by atoms with Gasteiger partial charge in [-0.2, -0.15) is 0 Å². The van der Waals surface area contributed by atoms with Gasteiger partial charge < -0.3 is 5.32 Å². The number of benzene rings is 2. The first-order valence-corrected chi connectivity index (χ1v) is 5.67. The molecule has 0 fully saturated rings. The first-order chi connectivity index (χ1) is 8.16. The van der Waals surface area contributed by atoms with E-state index >= 15 is 0 Å². The van der Waals surface area contributed by atoms with Crippen LogP contribution < -0.4 is 5.32 Å². The van der Waals surface area contributed by atoms with E-state index in [4.69, 9.17) is 11.6 Å². The van der Waals surface area contributed by atoms with Gasteiger partial charge in [-0.05, 0) is 23.8 Å². The molecule has 0 unspecified atom stereocenters. The van der Waals surface area contributed by atoms with Crippen LogP contribution in [0.25, 0.3) is 11.1 Å². The first kappa shape index (κ1) is 11.7. The van der Waals surface area contributed by atoms with E-state index in [2.05, 4.69) is 5.32 Å². The zero-order chi connectivity index (χ0) is 12.3. The quantitative estimate of drug-likeness (QED) is 0.852. The van der Waals surface area contributed by atoms with Crippen LogP contribution in [0.4, 0.5) is 5.69 Å². The van der Waals surface area contributed by atoms with Gasteiger partial charge in [-0.25, -0.2) is 0 Å². The number of amides is 1. The van der Waals surface area contributed by atoms with Crippen molar-refractivity contribution in [3.63, 3.8) is 0 Å². The summed E-state index contributed by atoms with van der Waals surface area (Å²) in [6, 6.07) is 15.2. The van der Waals surface area contributed by atoms with E-state index in [1.54, 1.807) is 0 Å². The van der Waals surface area contributed by atoms with Gasteiger partial charge in [-0.15, -0.1) is 0 Å². The first-order valence-electron chi connectivity index (χ1n) is 5.29. The molecule has 0 aliphatic heterocycles. The van der Waals surface area contributed by atoms with Crippen LogP contribution in [-0.2, 0) is 4.79 Å². The van der Waals surface area contributed by atoms with Crippen molar-refractivity contribution in [2.24, 2.45) is 0 Å². The maximum absolute atomic E-state index is 11.1. The average molecular weight is 246 g/mol. The summed E-state index contributed by atoms with van der Waals surface area (Å²) in [6.07, 6.45) is 0. The summed E-state index contributed by atoms with van der Waals surface area (Å²) >= 11 is 5.97. The predicted molar refractivity (Wildman–Crippen MR) is 71.2 cm³/mol. The summed E-state index contributed by atoms with van der Waals surface area (Å²) < 4.78 is 0. The van der Waals surface area contributed by atoms with Crippen LogP contribution >= 0.6 is 11.6 Å². The summed E-state index contributed by atoms with van der Waals surface area (Å²) in [5.74, 6) is -0.0838. The number of hydrogen-bond acceptors (Lipinski definition) is 1. The number of carbonyl (C=O) groups is 1. The van der Waals surface area contributed by atoms with E-state index in [1.165, 1.54) is 6.92 Å². The number of nitrogens with one attached hydrogen (secondary N) is 1. The Balaban J connectivity index is 2.47. The molecule has 0 bridgehead atoms. The third-order valence-corrected chi connectivity index (χ3v) is 2.61. The highest BCUT2D eigenvalue weighted by Gasteiger charge is 2.05. The van der Waals surface area contributed by atoms with E-state index in [0.717, 1.165) is 16.8 Å². The third-order valence-electron chi connectivity index (χ3n) is 2.37. The van der Waals surface area contributed by atoms with Crippen LogP contribution in [0.1, 0.15) is 6.92 Å². The van der Waals surface area contributed by atoms with Gasteiger partial charge in [0.25, 0.3) is 0 Å². The van der Waals surface area contributed by atoms with Gasteiger partial charge >= 0.3 is 0 Å². The van der Waals surface area contributed by atoms with Gasteiger partial charge in [0, 0.05) is 23.2 Å². The number of carbonyl (C=O) groups excluding carboxylic acids is 1. The van der Waals surface area contributed by atoms with Crippen LogP contribution in [0.15, 0.2) is 48.5 Å². The molecule has 86 valence electrons. The maximum Gasteiger partial charge on any atom is 0.221 e. The minimum Gasteiger partial charge on any atom is -0.326 e. The topological polar surface area (TPSA) is 29.1 Å². The Morgan fingerprint density at radius 3 is 2.59 bits per heavy atom. The molecule has 2 rings (SSSR count). The maximum atomic E-state index is 11.1. The van der Waals surface area contributed by atoms with Crippen molar-refractivity contribution in [3.05, 3.63) is 53.6 Å². The SMILES string of the molecule is CC(=O)Nc1ccccc1-c1cccc(Cl)c1. The fourth-order valence-corrected chi connectivity index (χ4v) is 1.88. The molecule has 0 saturated heterocycles. The molecule has 0 atom stereocenters. The second kappa shape index (κ2) is 5.02. The lowest BCUT2D eigenvalue weighted by molar-refractivity contribution is -0.114. The highest BCUT2D eigenvalue weighted by atomic mass is 35.5. The minimum absolute atomic E-state index is 0.0838. The van der Waals surface area contributed by atoms with Crippen LogP contribution in [0.5, 0.6) is 0 Å². The Labute approximate surface area is 105 Å². The van der Waals surface area contributed by atoms with E-state index in [1.807, 2.05) is 48.5 Å². The second-order valence-corrected chi connectivity index (χ2v) is 4.17. The van der Waals surface area contributed by atoms with Crippen molar-refractivity contribution in [1.82, 2.24) is 0 Å². The number of rotatable bonds is 2. The summed E-state index contributed by atoms with van der Waals surface area (Å²) in [4.78, 5) is 11.1. The number of halogens is 1. The van der Waals surface area contributed by atoms with Crippen molar-refractivity contribution in [1.29, 1.82) is 0 Å². The molecule has 2 aromatic carbocycles. The van der Waals surface area contributed by atoms with Gasteiger partial charge in [-0.1, -0.05) is 41.9 Å². The molecular formula is C14H12ClNO. The highest BCUT2D eigenvalue weighted by molar-refractivity contribution is 6.30. The van der Waals surface area contributed by atoms with E-state index in [9.17, 15) is 4.79 Å². The lowest BCUT2D eigenvalue weighted by atomic mass is 10.0. The normalized spacial score (nSPS) is 10.0.